The number of anilines is 1. The van der Waals surface area contributed by atoms with E-state index in [2.05, 4.69) is 10.0 Å². The average molecular weight is 399 g/mol. The van der Waals surface area contributed by atoms with Gasteiger partial charge in [0.1, 0.15) is 18.1 Å². The highest BCUT2D eigenvalue weighted by molar-refractivity contribution is 7.92. The van der Waals surface area contributed by atoms with E-state index < -0.39 is 10.0 Å². The van der Waals surface area contributed by atoms with E-state index in [9.17, 15) is 13.2 Å². The molecule has 0 unspecified atom stereocenters. The maximum atomic E-state index is 12.2. The lowest BCUT2D eigenvalue weighted by Gasteiger charge is -2.10. The van der Waals surface area contributed by atoms with E-state index in [1.54, 1.807) is 31.4 Å². The number of ether oxygens (including phenoxy) is 2. The van der Waals surface area contributed by atoms with Crippen molar-refractivity contribution in [3.63, 3.8) is 0 Å². The second-order valence-corrected chi connectivity index (χ2v) is 7.50. The van der Waals surface area contributed by atoms with Crippen molar-refractivity contribution in [2.45, 2.75) is 0 Å². The number of amides is 1. The number of rotatable bonds is 8. The van der Waals surface area contributed by atoms with Crippen molar-refractivity contribution in [2.24, 2.45) is 0 Å². The molecule has 0 spiro atoms. The molecule has 7 nitrogen and oxygen atoms in total. The molecule has 0 saturated carbocycles. The van der Waals surface area contributed by atoms with E-state index in [1.165, 1.54) is 18.2 Å². The van der Waals surface area contributed by atoms with Crippen LogP contribution < -0.4 is 19.5 Å². The number of hydrogen-bond acceptors (Lipinski definition) is 5. The molecule has 26 heavy (non-hydrogen) atoms. The maximum absolute atomic E-state index is 12.2. The van der Waals surface area contributed by atoms with Gasteiger partial charge in [-0.2, -0.15) is 0 Å². The molecule has 2 aromatic carbocycles. The molecule has 0 aliphatic carbocycles. The van der Waals surface area contributed by atoms with Gasteiger partial charge in [-0.3, -0.25) is 9.52 Å². The van der Waals surface area contributed by atoms with E-state index in [0.717, 1.165) is 12.0 Å². The zero-order valence-corrected chi connectivity index (χ0v) is 15.9. The van der Waals surface area contributed by atoms with E-state index >= 15 is 0 Å². The third kappa shape index (κ3) is 6.12. The largest absolute Gasteiger partial charge is 0.497 e. The van der Waals surface area contributed by atoms with Crippen LogP contribution in [0.25, 0.3) is 0 Å². The molecule has 0 heterocycles. The molecule has 0 aliphatic heterocycles. The highest BCUT2D eigenvalue weighted by Gasteiger charge is 2.12. The molecule has 0 aliphatic rings. The van der Waals surface area contributed by atoms with Crippen LogP contribution in [0.2, 0.25) is 5.02 Å². The Morgan fingerprint density at radius 3 is 2.35 bits per heavy atom. The van der Waals surface area contributed by atoms with Crippen LogP contribution >= 0.6 is 11.6 Å². The molecule has 2 N–H and O–H groups in total. The Morgan fingerprint density at radius 2 is 1.77 bits per heavy atom. The fraction of sp³-hybridized carbons (Fsp3) is 0.235. The fourth-order valence-corrected chi connectivity index (χ4v) is 2.90. The van der Waals surface area contributed by atoms with Gasteiger partial charge in [-0.25, -0.2) is 8.42 Å². The van der Waals surface area contributed by atoms with E-state index in [1.807, 2.05) is 0 Å². The quantitative estimate of drug-likeness (QED) is 0.666. The van der Waals surface area contributed by atoms with Gasteiger partial charge in [0, 0.05) is 5.69 Å². The number of halogens is 1. The highest BCUT2D eigenvalue weighted by atomic mass is 35.5. The molecule has 2 rings (SSSR count). The Hall–Kier alpha value is -2.45. The smallest absolute Gasteiger partial charge is 0.252 e. The first-order valence-corrected chi connectivity index (χ1v) is 9.88. The first-order chi connectivity index (χ1) is 12.3. The lowest BCUT2D eigenvalue weighted by atomic mass is 10.2. The van der Waals surface area contributed by atoms with Gasteiger partial charge in [-0.15, -0.1) is 0 Å². The Morgan fingerprint density at radius 1 is 1.12 bits per heavy atom. The molecular weight excluding hydrogens is 380 g/mol. The fourth-order valence-electron chi connectivity index (χ4n) is 2.08. The molecule has 1 amide bonds. The first kappa shape index (κ1) is 19.9. The summed E-state index contributed by atoms with van der Waals surface area (Å²) in [6.07, 6.45) is 1.03. The van der Waals surface area contributed by atoms with Crippen LogP contribution in [0.1, 0.15) is 10.4 Å². The normalized spacial score (nSPS) is 10.9. The van der Waals surface area contributed by atoms with Crippen LogP contribution in [0.3, 0.4) is 0 Å². The van der Waals surface area contributed by atoms with Crippen molar-refractivity contribution in [1.29, 1.82) is 0 Å². The van der Waals surface area contributed by atoms with Gasteiger partial charge in [0.25, 0.3) is 5.91 Å². The van der Waals surface area contributed by atoms with Crippen LogP contribution in [-0.4, -0.2) is 40.8 Å². The van der Waals surface area contributed by atoms with Crippen LogP contribution in [0.5, 0.6) is 11.5 Å². The summed E-state index contributed by atoms with van der Waals surface area (Å²) in [5.74, 6) is 1.02. The molecule has 0 saturated heterocycles. The second-order valence-electron chi connectivity index (χ2n) is 5.35. The van der Waals surface area contributed by atoms with Gasteiger partial charge in [-0.05, 0) is 42.5 Å². The van der Waals surface area contributed by atoms with Crippen LogP contribution in [-0.2, 0) is 10.0 Å². The molecule has 0 bridgehead atoms. The summed E-state index contributed by atoms with van der Waals surface area (Å²) in [5, 5.41) is 2.83. The van der Waals surface area contributed by atoms with Gasteiger partial charge in [-0.1, -0.05) is 11.6 Å². The number of benzene rings is 2. The molecule has 0 atom stereocenters. The molecule has 0 fully saturated rings. The van der Waals surface area contributed by atoms with Crippen LogP contribution in [0, 0.1) is 0 Å². The predicted molar refractivity (Wildman–Crippen MR) is 101 cm³/mol. The van der Waals surface area contributed by atoms with Crippen LogP contribution in [0.15, 0.2) is 42.5 Å². The van der Waals surface area contributed by atoms with Gasteiger partial charge >= 0.3 is 0 Å². The summed E-state index contributed by atoms with van der Waals surface area (Å²) in [5.41, 5.74) is 0.534. The van der Waals surface area contributed by atoms with E-state index in [-0.39, 0.29) is 35.3 Å². The lowest BCUT2D eigenvalue weighted by Crippen LogP contribution is -2.28. The van der Waals surface area contributed by atoms with Crippen molar-refractivity contribution in [3.05, 3.63) is 53.1 Å². The van der Waals surface area contributed by atoms with Gasteiger partial charge in [0.15, 0.2) is 0 Å². The number of nitrogens with one attached hydrogen (secondary N) is 2. The number of hydrogen-bond donors (Lipinski definition) is 2. The number of carbonyl (C=O) groups excluding carboxylic acids is 1. The molecular formula is C17H19ClN2O5S. The molecule has 9 heteroatoms. The Labute approximate surface area is 157 Å². The Bertz CT molecular complexity index is 869. The predicted octanol–water partition coefficient (Wildman–Crippen LogP) is 2.53. The minimum absolute atomic E-state index is 0.146. The first-order valence-electron chi connectivity index (χ1n) is 7.61. The van der Waals surface area contributed by atoms with Gasteiger partial charge < -0.3 is 14.8 Å². The van der Waals surface area contributed by atoms with Crippen molar-refractivity contribution in [1.82, 2.24) is 5.32 Å². The summed E-state index contributed by atoms with van der Waals surface area (Å²) in [6, 6.07) is 11.4. The monoisotopic (exact) mass is 398 g/mol. The second kappa shape index (κ2) is 8.77. The van der Waals surface area contributed by atoms with Crippen molar-refractivity contribution in [3.8, 4) is 11.5 Å². The van der Waals surface area contributed by atoms with Crippen LogP contribution in [0.4, 0.5) is 5.69 Å². The summed E-state index contributed by atoms with van der Waals surface area (Å²) in [6.45, 7) is 0.563. The maximum Gasteiger partial charge on any atom is 0.252 e. The third-order valence-electron chi connectivity index (χ3n) is 3.23. The van der Waals surface area contributed by atoms with Gasteiger partial charge in [0.2, 0.25) is 10.0 Å². The zero-order valence-electron chi connectivity index (χ0n) is 14.3. The SMILES string of the molecule is COc1ccc(OCCNC(=O)c2ccc(NS(C)(=O)=O)cc2Cl)cc1. The lowest BCUT2D eigenvalue weighted by molar-refractivity contribution is 0.0947. The summed E-state index contributed by atoms with van der Waals surface area (Å²) < 4.78 is 35.3. The number of methoxy groups -OCH3 is 1. The molecule has 0 aromatic heterocycles. The summed E-state index contributed by atoms with van der Waals surface area (Å²) in [4.78, 5) is 12.2. The minimum Gasteiger partial charge on any atom is -0.497 e. The van der Waals surface area contributed by atoms with E-state index in [0.29, 0.717) is 5.75 Å². The summed E-state index contributed by atoms with van der Waals surface area (Å²) >= 11 is 6.05. The Kier molecular flexibility index (Phi) is 6.70. The minimum atomic E-state index is -3.41. The van der Waals surface area contributed by atoms with Crippen molar-refractivity contribution < 1.29 is 22.7 Å². The van der Waals surface area contributed by atoms with Crippen molar-refractivity contribution >= 4 is 33.2 Å². The molecule has 0 radical (unpaired) electrons. The van der Waals surface area contributed by atoms with Gasteiger partial charge in [0.05, 0.1) is 30.5 Å². The Balaban J connectivity index is 1.85. The molecule has 140 valence electrons. The number of carbonyl (C=O) groups is 1. The van der Waals surface area contributed by atoms with Crippen molar-refractivity contribution in [2.75, 3.05) is 31.2 Å². The average Bonchev–Trinajstić information content (AvgIpc) is 2.57. The summed E-state index contributed by atoms with van der Waals surface area (Å²) in [7, 11) is -1.83. The number of sulfonamides is 1. The third-order valence-corrected chi connectivity index (χ3v) is 4.15. The topological polar surface area (TPSA) is 93.7 Å². The standard InChI is InChI=1S/C17H19ClN2O5S/c1-24-13-4-6-14(7-5-13)25-10-9-19-17(21)15-8-3-12(11-16(15)18)20-26(2,22)23/h3-8,11,20H,9-10H2,1-2H3,(H,19,21). The highest BCUT2D eigenvalue weighted by Crippen LogP contribution is 2.21. The van der Waals surface area contributed by atoms with E-state index in [4.69, 9.17) is 21.1 Å². The zero-order chi connectivity index (χ0) is 19.2. The molecule has 2 aromatic rings.